The van der Waals surface area contributed by atoms with E-state index in [2.05, 4.69) is 13.8 Å². The van der Waals surface area contributed by atoms with Gasteiger partial charge in [0.05, 0.1) is 7.11 Å². The Bertz CT molecular complexity index is 474. The van der Waals surface area contributed by atoms with Crippen LogP contribution in [0.15, 0.2) is 18.2 Å². The second kappa shape index (κ2) is 6.78. The van der Waals surface area contributed by atoms with E-state index in [-0.39, 0.29) is 11.4 Å². The normalized spacial score (nSPS) is 26.7. The fraction of sp³-hybridized carbons (Fsp3) is 0.667. The average Bonchev–Trinajstić information content (AvgIpc) is 2.61. The van der Waals surface area contributed by atoms with E-state index in [1.54, 1.807) is 12.1 Å². The van der Waals surface area contributed by atoms with Crippen LogP contribution < -0.4 is 10.5 Å². The number of rotatable bonds is 4. The lowest BCUT2D eigenvalue weighted by Crippen LogP contribution is -2.41. The molecule has 0 radical (unpaired) electrons. The van der Waals surface area contributed by atoms with Crippen molar-refractivity contribution < 1.29 is 9.13 Å². The van der Waals surface area contributed by atoms with Gasteiger partial charge < -0.3 is 10.5 Å². The highest BCUT2D eigenvalue weighted by molar-refractivity contribution is 5.30. The number of halogens is 1. The molecule has 1 aromatic rings. The molecule has 1 aromatic carbocycles. The van der Waals surface area contributed by atoms with Crippen LogP contribution in [0.2, 0.25) is 0 Å². The van der Waals surface area contributed by atoms with Gasteiger partial charge in [0.2, 0.25) is 0 Å². The minimum Gasteiger partial charge on any atom is -0.494 e. The molecule has 2 atom stereocenters. The van der Waals surface area contributed by atoms with E-state index >= 15 is 0 Å². The van der Waals surface area contributed by atoms with Crippen LogP contribution in [-0.4, -0.2) is 12.6 Å². The Kier molecular flexibility index (Phi) is 5.26. The van der Waals surface area contributed by atoms with Crippen molar-refractivity contribution >= 4 is 0 Å². The minimum atomic E-state index is -0.299. The first kappa shape index (κ1) is 16.3. The standard InChI is InChI=1S/C18H28FNO/c1-13(2)15-5-4-9-18(20,10-8-15)12-14-6-7-17(21-3)16(19)11-14/h6-7,11,13,15H,4-5,8-10,12,20H2,1-3H3. The molecule has 0 aromatic heterocycles. The molecule has 0 bridgehead atoms. The molecule has 1 aliphatic carbocycles. The molecular weight excluding hydrogens is 265 g/mol. The summed E-state index contributed by atoms with van der Waals surface area (Å²) in [4.78, 5) is 0. The highest BCUT2D eigenvalue weighted by atomic mass is 19.1. The third-order valence-electron chi connectivity index (χ3n) is 4.98. The summed E-state index contributed by atoms with van der Waals surface area (Å²) in [7, 11) is 1.49. The molecule has 0 saturated heterocycles. The van der Waals surface area contributed by atoms with Gasteiger partial charge >= 0.3 is 0 Å². The van der Waals surface area contributed by atoms with Gasteiger partial charge in [-0.05, 0) is 55.2 Å². The first-order chi connectivity index (χ1) is 9.93. The van der Waals surface area contributed by atoms with Crippen LogP contribution in [0.4, 0.5) is 4.39 Å². The quantitative estimate of drug-likeness (QED) is 0.840. The monoisotopic (exact) mass is 293 g/mol. The molecule has 21 heavy (non-hydrogen) atoms. The summed E-state index contributed by atoms with van der Waals surface area (Å²) in [5.74, 6) is 1.51. The van der Waals surface area contributed by atoms with E-state index in [0.717, 1.165) is 36.7 Å². The van der Waals surface area contributed by atoms with Crippen LogP contribution in [-0.2, 0) is 6.42 Å². The lowest BCUT2D eigenvalue weighted by molar-refractivity contribution is 0.321. The Morgan fingerprint density at radius 1 is 1.33 bits per heavy atom. The van der Waals surface area contributed by atoms with Gasteiger partial charge in [-0.25, -0.2) is 4.39 Å². The number of nitrogens with two attached hydrogens (primary N) is 1. The van der Waals surface area contributed by atoms with Gasteiger partial charge in [-0.3, -0.25) is 0 Å². The molecule has 0 amide bonds. The predicted molar refractivity (Wildman–Crippen MR) is 85.0 cm³/mol. The van der Waals surface area contributed by atoms with E-state index in [1.807, 2.05) is 6.07 Å². The van der Waals surface area contributed by atoms with Crippen molar-refractivity contribution in [1.82, 2.24) is 0 Å². The van der Waals surface area contributed by atoms with Gasteiger partial charge in [0.25, 0.3) is 0 Å². The zero-order valence-corrected chi connectivity index (χ0v) is 13.5. The van der Waals surface area contributed by atoms with Gasteiger partial charge in [-0.1, -0.05) is 32.8 Å². The highest BCUT2D eigenvalue weighted by Crippen LogP contribution is 2.34. The molecule has 1 aliphatic rings. The topological polar surface area (TPSA) is 35.2 Å². The smallest absolute Gasteiger partial charge is 0.165 e. The van der Waals surface area contributed by atoms with Gasteiger partial charge in [0.1, 0.15) is 0 Å². The van der Waals surface area contributed by atoms with E-state index in [4.69, 9.17) is 10.5 Å². The van der Waals surface area contributed by atoms with Gasteiger partial charge in [0.15, 0.2) is 11.6 Å². The highest BCUT2D eigenvalue weighted by Gasteiger charge is 2.30. The summed E-state index contributed by atoms with van der Waals surface area (Å²) in [5.41, 5.74) is 7.40. The molecular formula is C18H28FNO. The SMILES string of the molecule is COc1ccc(CC2(N)CCCC(C(C)C)CC2)cc1F. The van der Waals surface area contributed by atoms with Crippen molar-refractivity contribution in [1.29, 1.82) is 0 Å². The molecule has 2 N–H and O–H groups in total. The number of benzene rings is 1. The lowest BCUT2D eigenvalue weighted by atomic mass is 9.83. The van der Waals surface area contributed by atoms with E-state index in [1.165, 1.54) is 26.4 Å². The molecule has 3 heteroatoms. The number of ether oxygens (including phenoxy) is 1. The third kappa shape index (κ3) is 4.19. The molecule has 2 rings (SSSR count). The fourth-order valence-electron chi connectivity index (χ4n) is 3.53. The van der Waals surface area contributed by atoms with E-state index < -0.39 is 0 Å². The first-order valence-electron chi connectivity index (χ1n) is 8.05. The maximum absolute atomic E-state index is 13.8. The van der Waals surface area contributed by atoms with Gasteiger partial charge in [-0.15, -0.1) is 0 Å². The Balaban J connectivity index is 2.05. The zero-order chi connectivity index (χ0) is 15.5. The van der Waals surface area contributed by atoms with Crippen LogP contribution in [0, 0.1) is 17.7 Å². The van der Waals surface area contributed by atoms with E-state index in [0.29, 0.717) is 5.75 Å². The first-order valence-corrected chi connectivity index (χ1v) is 8.05. The predicted octanol–water partition coefficient (Wildman–Crippen LogP) is 4.31. The molecule has 2 unspecified atom stereocenters. The van der Waals surface area contributed by atoms with Crippen molar-refractivity contribution in [2.45, 2.75) is 57.9 Å². The van der Waals surface area contributed by atoms with Crippen molar-refractivity contribution in [3.63, 3.8) is 0 Å². The summed E-state index contributed by atoms with van der Waals surface area (Å²) in [5, 5.41) is 0. The van der Waals surface area contributed by atoms with Crippen LogP contribution in [0.25, 0.3) is 0 Å². The number of hydrogen-bond acceptors (Lipinski definition) is 2. The number of methoxy groups -OCH3 is 1. The van der Waals surface area contributed by atoms with Gasteiger partial charge in [-0.2, -0.15) is 0 Å². The van der Waals surface area contributed by atoms with Crippen LogP contribution in [0.5, 0.6) is 5.75 Å². The molecule has 1 fully saturated rings. The second-order valence-corrected chi connectivity index (χ2v) is 6.94. The number of hydrogen-bond donors (Lipinski definition) is 1. The third-order valence-corrected chi connectivity index (χ3v) is 4.98. The van der Waals surface area contributed by atoms with Crippen LogP contribution >= 0.6 is 0 Å². The molecule has 1 saturated carbocycles. The molecule has 0 spiro atoms. The largest absolute Gasteiger partial charge is 0.494 e. The molecule has 118 valence electrons. The summed E-state index contributed by atoms with van der Waals surface area (Å²) in [6, 6.07) is 5.20. The maximum atomic E-state index is 13.8. The Morgan fingerprint density at radius 2 is 2.10 bits per heavy atom. The Labute approximate surface area is 127 Å². The molecule has 0 heterocycles. The summed E-state index contributed by atoms with van der Waals surface area (Å²) in [6.45, 7) is 4.60. The van der Waals surface area contributed by atoms with Gasteiger partial charge in [0, 0.05) is 5.54 Å². The molecule has 2 nitrogen and oxygen atoms in total. The molecule has 0 aliphatic heterocycles. The Morgan fingerprint density at radius 3 is 2.71 bits per heavy atom. The summed E-state index contributed by atoms with van der Waals surface area (Å²) < 4.78 is 18.8. The lowest BCUT2D eigenvalue weighted by Gasteiger charge is -2.29. The summed E-state index contributed by atoms with van der Waals surface area (Å²) >= 11 is 0. The second-order valence-electron chi connectivity index (χ2n) is 6.94. The van der Waals surface area contributed by atoms with Crippen molar-refractivity contribution in [2.24, 2.45) is 17.6 Å². The van der Waals surface area contributed by atoms with E-state index in [9.17, 15) is 4.39 Å². The summed E-state index contributed by atoms with van der Waals surface area (Å²) in [6.07, 6.45) is 6.45. The van der Waals surface area contributed by atoms with Crippen molar-refractivity contribution in [3.05, 3.63) is 29.6 Å². The Hall–Kier alpha value is -1.09. The van der Waals surface area contributed by atoms with Crippen molar-refractivity contribution in [3.8, 4) is 5.75 Å². The zero-order valence-electron chi connectivity index (χ0n) is 13.5. The van der Waals surface area contributed by atoms with Crippen LogP contribution in [0.1, 0.15) is 51.5 Å². The maximum Gasteiger partial charge on any atom is 0.165 e. The minimum absolute atomic E-state index is 0.190. The average molecular weight is 293 g/mol. The van der Waals surface area contributed by atoms with Crippen molar-refractivity contribution in [2.75, 3.05) is 7.11 Å². The van der Waals surface area contributed by atoms with Crippen LogP contribution in [0.3, 0.4) is 0 Å². The fourth-order valence-corrected chi connectivity index (χ4v) is 3.53.